The van der Waals surface area contributed by atoms with E-state index < -0.39 is 22.5 Å². The Labute approximate surface area is 114 Å². The minimum absolute atomic E-state index is 0.00609. The second kappa shape index (κ2) is 4.67. The van der Waals surface area contributed by atoms with Gasteiger partial charge in [0.05, 0.1) is 10.6 Å². The molecule has 5 N–H and O–H groups in total. The lowest BCUT2D eigenvalue weighted by Gasteiger charge is -2.12. The standard InChI is InChI=1S/C10H8ClF3N4O2/c11-6-2-1-4(3-5(6)10(12,13)14)17-8-7(15)20-9(19)18(8)16/h1-3,17H,15-16H2. The Morgan fingerprint density at radius 1 is 1.35 bits per heavy atom. The number of nitrogens with one attached hydrogen (secondary N) is 1. The molecule has 2 aromatic rings. The maximum Gasteiger partial charge on any atom is 0.441 e. The van der Waals surface area contributed by atoms with Gasteiger partial charge in [-0.1, -0.05) is 11.6 Å². The number of nitrogens with two attached hydrogens (primary N) is 2. The van der Waals surface area contributed by atoms with Gasteiger partial charge in [0.1, 0.15) is 0 Å². The molecule has 0 aliphatic heterocycles. The number of anilines is 3. The predicted molar refractivity (Wildman–Crippen MR) is 67.3 cm³/mol. The average molecular weight is 309 g/mol. The number of nitrogen functional groups attached to an aromatic ring is 2. The third-order valence-electron chi connectivity index (χ3n) is 2.40. The zero-order valence-corrected chi connectivity index (χ0v) is 10.4. The summed E-state index contributed by atoms with van der Waals surface area (Å²) in [4.78, 5) is 11.1. The van der Waals surface area contributed by atoms with Crippen molar-refractivity contribution in [3.8, 4) is 0 Å². The van der Waals surface area contributed by atoms with Crippen LogP contribution in [0.2, 0.25) is 5.02 Å². The number of rotatable bonds is 2. The van der Waals surface area contributed by atoms with Gasteiger partial charge in [0, 0.05) is 5.69 Å². The van der Waals surface area contributed by atoms with Gasteiger partial charge < -0.3 is 21.3 Å². The van der Waals surface area contributed by atoms with Gasteiger partial charge in [-0.2, -0.15) is 17.8 Å². The van der Waals surface area contributed by atoms with Crippen molar-refractivity contribution in [3.05, 3.63) is 39.3 Å². The first kappa shape index (κ1) is 14.1. The summed E-state index contributed by atoms with van der Waals surface area (Å²) in [5.74, 6) is 3.87. The molecule has 0 spiro atoms. The van der Waals surface area contributed by atoms with Gasteiger partial charge in [-0.05, 0) is 18.2 Å². The van der Waals surface area contributed by atoms with Crippen molar-refractivity contribution >= 4 is 29.0 Å². The van der Waals surface area contributed by atoms with Crippen LogP contribution in [0.1, 0.15) is 5.56 Å². The van der Waals surface area contributed by atoms with Crippen LogP contribution in [-0.2, 0) is 6.18 Å². The molecule has 10 heteroatoms. The number of hydrogen-bond acceptors (Lipinski definition) is 5. The molecule has 1 aromatic heterocycles. The fraction of sp³-hybridized carbons (Fsp3) is 0.100. The van der Waals surface area contributed by atoms with E-state index >= 15 is 0 Å². The van der Waals surface area contributed by atoms with Crippen LogP contribution in [0.4, 0.5) is 30.6 Å². The molecule has 0 unspecified atom stereocenters. The van der Waals surface area contributed by atoms with Crippen molar-refractivity contribution in [1.82, 2.24) is 4.68 Å². The molecule has 108 valence electrons. The van der Waals surface area contributed by atoms with E-state index in [1.54, 1.807) is 0 Å². The zero-order chi connectivity index (χ0) is 15.1. The monoisotopic (exact) mass is 308 g/mol. The van der Waals surface area contributed by atoms with Crippen LogP contribution in [0.15, 0.2) is 27.4 Å². The summed E-state index contributed by atoms with van der Waals surface area (Å²) in [5.41, 5.74) is 4.33. The quantitative estimate of drug-likeness (QED) is 0.738. The van der Waals surface area contributed by atoms with Crippen LogP contribution in [0.5, 0.6) is 0 Å². The summed E-state index contributed by atoms with van der Waals surface area (Å²) in [6.45, 7) is 0. The lowest BCUT2D eigenvalue weighted by atomic mass is 10.2. The molecule has 1 heterocycles. The van der Waals surface area contributed by atoms with E-state index in [2.05, 4.69) is 9.73 Å². The minimum atomic E-state index is -4.61. The topological polar surface area (TPSA) is 99.2 Å². The summed E-state index contributed by atoms with van der Waals surface area (Å²) >= 11 is 5.48. The highest BCUT2D eigenvalue weighted by Crippen LogP contribution is 2.36. The average Bonchev–Trinajstić information content (AvgIpc) is 2.57. The molecule has 0 aliphatic rings. The molecule has 0 bridgehead atoms. The highest BCUT2D eigenvalue weighted by molar-refractivity contribution is 6.31. The number of alkyl halides is 3. The van der Waals surface area contributed by atoms with E-state index in [1.807, 2.05) is 0 Å². The van der Waals surface area contributed by atoms with Crippen LogP contribution in [0.3, 0.4) is 0 Å². The van der Waals surface area contributed by atoms with Gasteiger partial charge in [-0.15, -0.1) is 0 Å². The number of halogens is 4. The van der Waals surface area contributed by atoms with E-state index in [-0.39, 0.29) is 17.4 Å². The molecule has 0 fully saturated rings. The summed E-state index contributed by atoms with van der Waals surface area (Å²) in [5, 5.41) is 2.01. The van der Waals surface area contributed by atoms with Gasteiger partial charge in [-0.25, -0.2) is 4.79 Å². The molecule has 0 atom stereocenters. The number of hydrogen-bond donors (Lipinski definition) is 3. The van der Waals surface area contributed by atoms with Crippen molar-refractivity contribution in [2.75, 3.05) is 16.9 Å². The van der Waals surface area contributed by atoms with Crippen molar-refractivity contribution in [2.45, 2.75) is 6.18 Å². The molecule has 0 amide bonds. The SMILES string of the molecule is Nc1oc(=O)n(N)c1Nc1ccc(Cl)c(C(F)(F)F)c1. The second-order valence-corrected chi connectivity index (χ2v) is 4.18. The fourth-order valence-electron chi connectivity index (χ4n) is 1.48. The Kier molecular flexibility index (Phi) is 3.30. The summed E-state index contributed by atoms with van der Waals surface area (Å²) < 4.78 is 43.1. The Morgan fingerprint density at radius 3 is 2.50 bits per heavy atom. The first-order valence-electron chi connectivity index (χ1n) is 5.10. The zero-order valence-electron chi connectivity index (χ0n) is 9.66. The van der Waals surface area contributed by atoms with Gasteiger partial charge in [-0.3, -0.25) is 0 Å². The van der Waals surface area contributed by atoms with Gasteiger partial charge in [0.25, 0.3) is 0 Å². The van der Waals surface area contributed by atoms with Crippen molar-refractivity contribution in [1.29, 1.82) is 0 Å². The fourth-order valence-corrected chi connectivity index (χ4v) is 1.71. The largest absolute Gasteiger partial charge is 0.441 e. The summed E-state index contributed by atoms with van der Waals surface area (Å²) in [6.07, 6.45) is -4.61. The van der Waals surface area contributed by atoms with Crippen LogP contribution in [0.25, 0.3) is 0 Å². The maximum atomic E-state index is 12.7. The molecule has 0 saturated heterocycles. The smallest absolute Gasteiger partial charge is 0.388 e. The molecule has 1 aromatic carbocycles. The predicted octanol–water partition coefficient (Wildman–Crippen LogP) is 2.15. The third kappa shape index (κ3) is 2.52. The maximum absolute atomic E-state index is 12.7. The Balaban J connectivity index is 2.43. The van der Waals surface area contributed by atoms with Crippen LogP contribution in [-0.4, -0.2) is 4.68 Å². The molecule has 2 rings (SSSR count). The molecule has 0 aliphatic carbocycles. The summed E-state index contributed by atoms with van der Waals surface area (Å²) in [7, 11) is 0. The van der Waals surface area contributed by atoms with Crippen molar-refractivity contribution in [3.63, 3.8) is 0 Å². The number of benzene rings is 1. The molecule has 0 saturated carbocycles. The number of aromatic nitrogens is 1. The van der Waals surface area contributed by atoms with Crippen molar-refractivity contribution in [2.24, 2.45) is 0 Å². The highest BCUT2D eigenvalue weighted by atomic mass is 35.5. The van der Waals surface area contributed by atoms with Gasteiger partial charge in [0.2, 0.25) is 5.88 Å². The molecule has 20 heavy (non-hydrogen) atoms. The van der Waals surface area contributed by atoms with Gasteiger partial charge >= 0.3 is 11.9 Å². The van der Waals surface area contributed by atoms with E-state index in [9.17, 15) is 18.0 Å². The van der Waals surface area contributed by atoms with Gasteiger partial charge in [0.15, 0.2) is 5.82 Å². The number of nitrogens with zero attached hydrogens (tertiary/aromatic N) is 1. The van der Waals surface area contributed by atoms with Crippen LogP contribution in [0, 0.1) is 0 Å². The third-order valence-corrected chi connectivity index (χ3v) is 2.73. The second-order valence-electron chi connectivity index (χ2n) is 3.77. The summed E-state index contributed by atoms with van der Waals surface area (Å²) in [6, 6.07) is 3.09. The van der Waals surface area contributed by atoms with Crippen LogP contribution < -0.4 is 22.6 Å². The molecular weight excluding hydrogens is 301 g/mol. The minimum Gasteiger partial charge on any atom is -0.388 e. The normalized spacial score (nSPS) is 11.6. The lowest BCUT2D eigenvalue weighted by Crippen LogP contribution is -2.23. The van der Waals surface area contributed by atoms with Crippen molar-refractivity contribution < 1.29 is 17.6 Å². The van der Waals surface area contributed by atoms with E-state index in [0.29, 0.717) is 4.68 Å². The Hall–Kier alpha value is -2.29. The first-order chi connectivity index (χ1) is 9.20. The van der Waals surface area contributed by atoms with E-state index in [4.69, 9.17) is 23.2 Å². The first-order valence-corrected chi connectivity index (χ1v) is 5.48. The number of oxazole rings is 1. The highest BCUT2D eigenvalue weighted by Gasteiger charge is 2.33. The molecule has 0 radical (unpaired) electrons. The van der Waals surface area contributed by atoms with E-state index in [0.717, 1.165) is 12.1 Å². The molecule has 6 nitrogen and oxygen atoms in total. The van der Waals surface area contributed by atoms with E-state index in [1.165, 1.54) is 6.07 Å². The lowest BCUT2D eigenvalue weighted by molar-refractivity contribution is -0.137. The molecular formula is C10H8ClF3N4O2. The Bertz CT molecular complexity index is 708. The van der Waals surface area contributed by atoms with Crippen LogP contribution >= 0.6 is 11.6 Å². The Morgan fingerprint density at radius 2 is 2.00 bits per heavy atom.